The summed E-state index contributed by atoms with van der Waals surface area (Å²) in [5.74, 6) is -3.58. The van der Waals surface area contributed by atoms with E-state index in [1.165, 1.54) is 54.6 Å². The first kappa shape index (κ1) is 23.8. The predicted molar refractivity (Wildman–Crippen MR) is 129 cm³/mol. The summed E-state index contributed by atoms with van der Waals surface area (Å²) in [6, 6.07) is 14.2. The van der Waals surface area contributed by atoms with Crippen molar-refractivity contribution in [2.45, 2.75) is 6.92 Å². The molecule has 2 N–H and O–H groups in total. The first-order valence-electron chi connectivity index (χ1n) is 10.4. The average molecular weight is 537 g/mol. The number of halogens is 1. The molecular formula is C25H17BrN2O7. The van der Waals surface area contributed by atoms with E-state index in [1.807, 2.05) is 0 Å². The van der Waals surface area contributed by atoms with Crippen molar-refractivity contribution >= 4 is 57.0 Å². The lowest BCUT2D eigenvalue weighted by molar-refractivity contribution is 0.0525. The Balaban J connectivity index is 1.59. The lowest BCUT2D eigenvalue weighted by atomic mass is 10.0. The Labute approximate surface area is 207 Å². The number of carboxylic acids is 1. The number of anilines is 2. The van der Waals surface area contributed by atoms with Crippen LogP contribution in [0.1, 0.15) is 58.7 Å². The fraction of sp³-hybridized carbons (Fsp3) is 0.0800. The molecule has 0 aromatic heterocycles. The van der Waals surface area contributed by atoms with Crippen LogP contribution in [0, 0.1) is 0 Å². The Hall–Kier alpha value is -4.31. The Morgan fingerprint density at radius 3 is 2.23 bits per heavy atom. The summed E-state index contributed by atoms with van der Waals surface area (Å²) < 4.78 is 5.46. The molecule has 4 rings (SSSR count). The van der Waals surface area contributed by atoms with E-state index in [0.29, 0.717) is 4.47 Å². The molecule has 176 valence electrons. The Morgan fingerprint density at radius 1 is 0.914 bits per heavy atom. The van der Waals surface area contributed by atoms with Crippen molar-refractivity contribution < 1.29 is 33.8 Å². The van der Waals surface area contributed by atoms with E-state index in [4.69, 9.17) is 4.74 Å². The van der Waals surface area contributed by atoms with Gasteiger partial charge in [-0.05, 0) is 67.6 Å². The van der Waals surface area contributed by atoms with Gasteiger partial charge in [0.2, 0.25) is 0 Å². The predicted octanol–water partition coefficient (Wildman–Crippen LogP) is 4.38. The maximum Gasteiger partial charge on any atom is 0.338 e. The van der Waals surface area contributed by atoms with Crippen LogP contribution in [-0.2, 0) is 4.74 Å². The molecule has 0 radical (unpaired) electrons. The van der Waals surface area contributed by atoms with E-state index >= 15 is 0 Å². The minimum absolute atomic E-state index is 0.0337. The lowest BCUT2D eigenvalue weighted by Crippen LogP contribution is -2.29. The minimum atomic E-state index is -1.22. The fourth-order valence-electron chi connectivity index (χ4n) is 3.57. The van der Waals surface area contributed by atoms with Crippen molar-refractivity contribution in [2.75, 3.05) is 16.8 Å². The number of carbonyl (C=O) groups is 5. The quantitative estimate of drug-likeness (QED) is 0.353. The molecule has 3 aromatic rings. The van der Waals surface area contributed by atoms with E-state index in [-0.39, 0.29) is 45.8 Å². The van der Waals surface area contributed by atoms with E-state index < -0.39 is 29.7 Å². The largest absolute Gasteiger partial charge is 0.478 e. The molecule has 1 aliphatic heterocycles. The zero-order chi connectivity index (χ0) is 25.3. The molecule has 0 unspecified atom stereocenters. The number of benzene rings is 3. The molecule has 0 atom stereocenters. The van der Waals surface area contributed by atoms with Gasteiger partial charge in [-0.3, -0.25) is 14.4 Å². The number of nitrogens with one attached hydrogen (secondary N) is 1. The minimum Gasteiger partial charge on any atom is -0.478 e. The zero-order valence-corrected chi connectivity index (χ0v) is 19.8. The van der Waals surface area contributed by atoms with Crippen LogP contribution in [0.15, 0.2) is 65.1 Å². The number of aromatic carboxylic acids is 1. The molecule has 0 bridgehead atoms. The monoisotopic (exact) mass is 536 g/mol. The Morgan fingerprint density at radius 2 is 1.57 bits per heavy atom. The van der Waals surface area contributed by atoms with Crippen molar-refractivity contribution in [3.63, 3.8) is 0 Å². The van der Waals surface area contributed by atoms with Gasteiger partial charge in [-0.15, -0.1) is 0 Å². The topological polar surface area (TPSA) is 130 Å². The maximum atomic E-state index is 13.0. The van der Waals surface area contributed by atoms with Crippen LogP contribution < -0.4 is 10.2 Å². The molecule has 0 aliphatic carbocycles. The smallest absolute Gasteiger partial charge is 0.338 e. The highest BCUT2D eigenvalue weighted by Crippen LogP contribution is 2.30. The highest BCUT2D eigenvalue weighted by Gasteiger charge is 2.37. The highest BCUT2D eigenvalue weighted by molar-refractivity contribution is 9.10. The molecule has 0 saturated carbocycles. The van der Waals surface area contributed by atoms with E-state index in [2.05, 4.69) is 21.2 Å². The van der Waals surface area contributed by atoms with Crippen LogP contribution in [0.4, 0.5) is 11.4 Å². The zero-order valence-electron chi connectivity index (χ0n) is 18.2. The second-order valence-corrected chi connectivity index (χ2v) is 8.34. The van der Waals surface area contributed by atoms with Gasteiger partial charge in [-0.2, -0.15) is 0 Å². The number of esters is 1. The van der Waals surface area contributed by atoms with Gasteiger partial charge >= 0.3 is 11.9 Å². The van der Waals surface area contributed by atoms with Crippen molar-refractivity contribution in [1.82, 2.24) is 0 Å². The van der Waals surface area contributed by atoms with Crippen LogP contribution in [-0.4, -0.2) is 41.4 Å². The van der Waals surface area contributed by atoms with Crippen molar-refractivity contribution in [1.29, 1.82) is 0 Å². The standard InChI is InChI=1S/C25H17BrN2O7/c1-2-35-25(34)13-3-7-16(8-4-13)28-22(30)17-9-5-14(11-18(17)23(28)31)21(29)27-20-10-6-15(26)12-19(20)24(32)33/h3-12H,2H2,1H3,(H,27,29)(H,32,33). The lowest BCUT2D eigenvalue weighted by Gasteiger charge is -2.14. The molecule has 0 saturated heterocycles. The maximum absolute atomic E-state index is 13.0. The Kier molecular flexibility index (Phi) is 6.48. The number of hydrogen-bond donors (Lipinski definition) is 2. The number of ether oxygens (including phenoxy) is 1. The fourth-order valence-corrected chi connectivity index (χ4v) is 3.94. The molecule has 0 spiro atoms. The van der Waals surface area contributed by atoms with Gasteiger partial charge in [0.05, 0.1) is 40.2 Å². The van der Waals surface area contributed by atoms with Crippen LogP contribution >= 0.6 is 15.9 Å². The third-order valence-electron chi connectivity index (χ3n) is 5.25. The van der Waals surface area contributed by atoms with Gasteiger partial charge in [-0.25, -0.2) is 14.5 Å². The first-order valence-corrected chi connectivity index (χ1v) is 11.1. The molecule has 3 amide bonds. The molecule has 1 heterocycles. The number of nitrogens with zero attached hydrogens (tertiary/aromatic N) is 1. The Bertz CT molecular complexity index is 1400. The first-order chi connectivity index (χ1) is 16.7. The number of amides is 3. The normalized spacial score (nSPS) is 12.3. The number of rotatable bonds is 6. The summed E-state index contributed by atoms with van der Waals surface area (Å²) in [6.45, 7) is 1.90. The second-order valence-electron chi connectivity index (χ2n) is 7.42. The van der Waals surface area contributed by atoms with Crippen LogP contribution in [0.3, 0.4) is 0 Å². The SMILES string of the molecule is CCOC(=O)c1ccc(N2C(=O)c3ccc(C(=O)Nc4ccc(Br)cc4C(=O)O)cc3C2=O)cc1. The number of fused-ring (bicyclic) bond motifs is 1. The molecular weight excluding hydrogens is 520 g/mol. The molecule has 1 aliphatic rings. The molecule has 3 aromatic carbocycles. The number of imide groups is 1. The summed E-state index contributed by atoms with van der Waals surface area (Å²) >= 11 is 3.19. The number of carboxylic acid groups (broad SMARTS) is 1. The molecule has 10 heteroatoms. The average Bonchev–Trinajstić information content (AvgIpc) is 3.09. The van der Waals surface area contributed by atoms with Crippen molar-refractivity contribution in [3.8, 4) is 0 Å². The van der Waals surface area contributed by atoms with Gasteiger partial charge in [0, 0.05) is 10.0 Å². The number of hydrogen-bond acceptors (Lipinski definition) is 6. The van der Waals surface area contributed by atoms with Crippen molar-refractivity contribution in [2.24, 2.45) is 0 Å². The van der Waals surface area contributed by atoms with Gasteiger partial charge in [0.1, 0.15) is 0 Å². The summed E-state index contributed by atoms with van der Waals surface area (Å²) in [4.78, 5) is 63.0. The summed E-state index contributed by atoms with van der Waals surface area (Å²) in [5.41, 5.74) is 0.733. The third-order valence-corrected chi connectivity index (χ3v) is 5.74. The van der Waals surface area contributed by atoms with Crippen LogP contribution in [0.25, 0.3) is 0 Å². The van der Waals surface area contributed by atoms with E-state index in [9.17, 15) is 29.1 Å². The third kappa shape index (κ3) is 4.56. The summed E-state index contributed by atoms with van der Waals surface area (Å²) in [7, 11) is 0. The van der Waals surface area contributed by atoms with Gasteiger partial charge < -0.3 is 15.2 Å². The van der Waals surface area contributed by atoms with Crippen LogP contribution in [0.5, 0.6) is 0 Å². The van der Waals surface area contributed by atoms with E-state index in [0.717, 1.165) is 4.90 Å². The highest BCUT2D eigenvalue weighted by atomic mass is 79.9. The molecule has 0 fully saturated rings. The van der Waals surface area contributed by atoms with Crippen molar-refractivity contribution in [3.05, 3.63) is 93.0 Å². The number of carbonyl (C=O) groups excluding carboxylic acids is 4. The van der Waals surface area contributed by atoms with E-state index in [1.54, 1.807) is 13.0 Å². The van der Waals surface area contributed by atoms with Crippen LogP contribution in [0.2, 0.25) is 0 Å². The molecule has 9 nitrogen and oxygen atoms in total. The second kappa shape index (κ2) is 9.51. The molecule has 35 heavy (non-hydrogen) atoms. The van der Waals surface area contributed by atoms with Gasteiger partial charge in [0.25, 0.3) is 17.7 Å². The van der Waals surface area contributed by atoms with Gasteiger partial charge in [0.15, 0.2) is 0 Å². The van der Waals surface area contributed by atoms with Gasteiger partial charge in [-0.1, -0.05) is 15.9 Å². The summed E-state index contributed by atoms with van der Waals surface area (Å²) in [5, 5.41) is 11.9. The summed E-state index contributed by atoms with van der Waals surface area (Å²) in [6.07, 6.45) is 0.